The number of nitrogens with one attached hydrogen (secondary N) is 1. The number of piperazine rings is 1. The van der Waals surface area contributed by atoms with Crippen molar-refractivity contribution in [1.82, 2.24) is 14.1 Å². The Balaban J connectivity index is 1.32. The second kappa shape index (κ2) is 9.05. The van der Waals surface area contributed by atoms with Crippen LogP contribution in [0.1, 0.15) is 27.9 Å². The Morgan fingerprint density at radius 3 is 2.44 bits per heavy atom. The number of benzene rings is 2. The van der Waals surface area contributed by atoms with E-state index in [1.807, 2.05) is 42.5 Å². The van der Waals surface area contributed by atoms with E-state index in [2.05, 4.69) is 15.3 Å². The van der Waals surface area contributed by atoms with Crippen molar-refractivity contribution in [3.8, 4) is 0 Å². The fraction of sp³-hybridized carbons (Fsp3) is 0.333. The summed E-state index contributed by atoms with van der Waals surface area (Å²) in [5.74, 6) is -0.482. The van der Waals surface area contributed by atoms with E-state index in [4.69, 9.17) is 11.6 Å². The Kier molecular flexibility index (Phi) is 6.09. The van der Waals surface area contributed by atoms with Gasteiger partial charge in [-0.25, -0.2) is 8.42 Å². The number of amides is 1. The molecule has 2 heterocycles. The van der Waals surface area contributed by atoms with E-state index in [1.54, 1.807) is 7.05 Å². The Hall–Kier alpha value is -2.88. The molecule has 178 valence electrons. The van der Waals surface area contributed by atoms with E-state index in [9.17, 15) is 13.2 Å². The minimum Gasteiger partial charge on any atom is -0.369 e. The van der Waals surface area contributed by atoms with Gasteiger partial charge in [-0.1, -0.05) is 17.7 Å². The molecule has 1 saturated heterocycles. The summed E-state index contributed by atoms with van der Waals surface area (Å²) < 4.78 is 29.7. The molecule has 1 N–H and O–H groups in total. The smallest absolute Gasteiger partial charge is 0.263 e. The average molecular weight is 500 g/mol. The van der Waals surface area contributed by atoms with Gasteiger partial charge in [-0.15, -0.1) is 0 Å². The summed E-state index contributed by atoms with van der Waals surface area (Å²) in [6.45, 7) is 1.66. The van der Waals surface area contributed by atoms with Gasteiger partial charge in [-0.05, 0) is 66.8 Å². The molecule has 34 heavy (non-hydrogen) atoms. The fourth-order valence-electron chi connectivity index (χ4n) is 4.62. The van der Waals surface area contributed by atoms with Crippen LogP contribution in [-0.2, 0) is 29.9 Å². The SMILES string of the molecule is Cn1cc(C(=O)Nc2ccc3c(c2)CCC3)c(S(=O)(=O)N2CCN(c3ccc(Cl)cc3)CC2)n1. The van der Waals surface area contributed by atoms with Crippen LogP contribution in [0.2, 0.25) is 5.02 Å². The molecule has 5 rings (SSSR count). The van der Waals surface area contributed by atoms with Crippen molar-refractivity contribution in [3.05, 3.63) is 70.4 Å². The molecule has 1 aliphatic heterocycles. The van der Waals surface area contributed by atoms with Crippen LogP contribution in [0, 0.1) is 0 Å². The van der Waals surface area contributed by atoms with Crippen LogP contribution in [0.3, 0.4) is 0 Å². The molecule has 0 spiro atoms. The first-order valence-electron chi connectivity index (χ1n) is 11.3. The van der Waals surface area contributed by atoms with Gasteiger partial charge in [-0.2, -0.15) is 9.40 Å². The van der Waals surface area contributed by atoms with Crippen LogP contribution in [0.4, 0.5) is 11.4 Å². The van der Waals surface area contributed by atoms with Crippen LogP contribution < -0.4 is 10.2 Å². The average Bonchev–Trinajstić information content (AvgIpc) is 3.46. The molecule has 3 aromatic rings. The number of aromatic nitrogens is 2. The third-order valence-corrected chi connectivity index (χ3v) is 8.50. The molecule has 1 fully saturated rings. The minimum absolute atomic E-state index is 0.0446. The molecule has 0 saturated carbocycles. The number of halogens is 1. The Morgan fingerprint density at radius 1 is 1.00 bits per heavy atom. The highest BCUT2D eigenvalue weighted by Crippen LogP contribution is 2.27. The lowest BCUT2D eigenvalue weighted by Gasteiger charge is -2.35. The summed E-state index contributed by atoms with van der Waals surface area (Å²) in [4.78, 5) is 15.2. The molecule has 2 aliphatic rings. The number of hydrogen-bond acceptors (Lipinski definition) is 5. The molecule has 10 heteroatoms. The number of hydrogen-bond donors (Lipinski definition) is 1. The number of sulfonamides is 1. The number of anilines is 2. The molecule has 1 aliphatic carbocycles. The van der Waals surface area contributed by atoms with Gasteiger partial charge in [0.1, 0.15) is 0 Å². The van der Waals surface area contributed by atoms with Crippen LogP contribution in [-0.4, -0.2) is 54.6 Å². The number of rotatable bonds is 5. The van der Waals surface area contributed by atoms with E-state index in [-0.39, 0.29) is 10.6 Å². The highest BCUT2D eigenvalue weighted by molar-refractivity contribution is 7.89. The van der Waals surface area contributed by atoms with Gasteiger partial charge in [0, 0.05) is 55.8 Å². The van der Waals surface area contributed by atoms with Crippen molar-refractivity contribution < 1.29 is 13.2 Å². The summed E-state index contributed by atoms with van der Waals surface area (Å²) in [7, 11) is -2.32. The van der Waals surface area contributed by atoms with Crippen molar-refractivity contribution in [3.63, 3.8) is 0 Å². The first-order valence-corrected chi connectivity index (χ1v) is 13.1. The summed E-state index contributed by atoms with van der Waals surface area (Å²) in [5, 5.41) is 7.46. The number of aryl methyl sites for hydroxylation is 3. The van der Waals surface area contributed by atoms with Gasteiger partial charge in [0.15, 0.2) is 0 Å². The van der Waals surface area contributed by atoms with E-state index in [0.29, 0.717) is 36.9 Å². The largest absolute Gasteiger partial charge is 0.369 e. The fourth-order valence-corrected chi connectivity index (χ4v) is 6.29. The van der Waals surface area contributed by atoms with Crippen LogP contribution in [0.25, 0.3) is 0 Å². The maximum absolute atomic E-state index is 13.5. The van der Waals surface area contributed by atoms with Crippen molar-refractivity contribution in [2.45, 2.75) is 24.3 Å². The molecular weight excluding hydrogens is 474 g/mol. The lowest BCUT2D eigenvalue weighted by molar-refractivity contribution is 0.102. The van der Waals surface area contributed by atoms with Gasteiger partial charge < -0.3 is 10.2 Å². The van der Waals surface area contributed by atoms with E-state index in [1.165, 1.54) is 26.3 Å². The van der Waals surface area contributed by atoms with E-state index in [0.717, 1.165) is 24.9 Å². The molecule has 8 nitrogen and oxygen atoms in total. The van der Waals surface area contributed by atoms with Crippen LogP contribution in [0.15, 0.2) is 53.7 Å². The number of fused-ring (bicyclic) bond motifs is 1. The van der Waals surface area contributed by atoms with E-state index < -0.39 is 15.9 Å². The molecule has 0 bridgehead atoms. The number of carbonyl (C=O) groups excluding carboxylic acids is 1. The first kappa shape index (κ1) is 22.9. The zero-order chi connectivity index (χ0) is 23.9. The Labute approximate surface area is 204 Å². The standard InChI is InChI=1S/C24H26ClN5O3S/c1-28-16-22(23(31)26-20-8-5-17-3-2-4-18(17)15-20)24(27-28)34(32,33)30-13-11-29(12-14-30)21-9-6-19(25)7-10-21/h5-10,15-16H,2-4,11-14H2,1H3,(H,26,31). The predicted octanol–water partition coefficient (Wildman–Crippen LogP) is 3.33. The van der Waals surface area contributed by atoms with Crippen LogP contribution in [0.5, 0.6) is 0 Å². The Morgan fingerprint density at radius 2 is 1.71 bits per heavy atom. The summed E-state index contributed by atoms with van der Waals surface area (Å²) >= 11 is 5.97. The molecule has 0 unspecified atom stereocenters. The Bertz CT molecular complexity index is 1330. The lowest BCUT2D eigenvalue weighted by atomic mass is 10.1. The quantitative estimate of drug-likeness (QED) is 0.582. The van der Waals surface area contributed by atoms with Gasteiger partial charge in [0.25, 0.3) is 15.9 Å². The van der Waals surface area contributed by atoms with Gasteiger partial charge >= 0.3 is 0 Å². The first-order chi connectivity index (χ1) is 16.3. The zero-order valence-electron chi connectivity index (χ0n) is 18.9. The molecule has 2 aromatic carbocycles. The third-order valence-electron chi connectivity index (χ3n) is 6.41. The predicted molar refractivity (Wildman–Crippen MR) is 132 cm³/mol. The lowest BCUT2D eigenvalue weighted by Crippen LogP contribution is -2.49. The third kappa shape index (κ3) is 4.43. The van der Waals surface area contributed by atoms with Crippen molar-refractivity contribution in [1.29, 1.82) is 0 Å². The monoisotopic (exact) mass is 499 g/mol. The second-order valence-corrected chi connectivity index (χ2v) is 11.0. The summed E-state index contributed by atoms with van der Waals surface area (Å²) in [5.41, 5.74) is 4.24. The molecule has 1 amide bonds. The van der Waals surface area contributed by atoms with Gasteiger partial charge in [0.05, 0.1) is 5.56 Å². The van der Waals surface area contributed by atoms with Crippen molar-refractivity contribution >= 4 is 38.9 Å². The van der Waals surface area contributed by atoms with Gasteiger partial charge in [-0.3, -0.25) is 9.48 Å². The second-order valence-electron chi connectivity index (χ2n) is 8.68. The zero-order valence-corrected chi connectivity index (χ0v) is 20.4. The summed E-state index contributed by atoms with van der Waals surface area (Å²) in [6.07, 6.45) is 4.62. The molecule has 0 atom stereocenters. The van der Waals surface area contributed by atoms with Crippen LogP contribution >= 0.6 is 11.6 Å². The summed E-state index contributed by atoms with van der Waals surface area (Å²) in [6, 6.07) is 13.3. The highest BCUT2D eigenvalue weighted by atomic mass is 35.5. The maximum Gasteiger partial charge on any atom is 0.263 e. The van der Waals surface area contributed by atoms with Crippen molar-refractivity contribution in [2.24, 2.45) is 7.05 Å². The molecule has 0 radical (unpaired) electrons. The highest BCUT2D eigenvalue weighted by Gasteiger charge is 2.34. The van der Waals surface area contributed by atoms with E-state index >= 15 is 0 Å². The molecular formula is C24H26ClN5O3S. The number of nitrogens with zero attached hydrogens (tertiary/aromatic N) is 4. The molecule has 1 aromatic heterocycles. The number of carbonyl (C=O) groups is 1. The van der Waals surface area contributed by atoms with Gasteiger partial charge in [0.2, 0.25) is 5.03 Å². The van der Waals surface area contributed by atoms with Crippen molar-refractivity contribution in [2.75, 3.05) is 36.4 Å². The topological polar surface area (TPSA) is 87.5 Å². The normalized spacial score (nSPS) is 16.5. The maximum atomic E-state index is 13.5. The minimum atomic E-state index is -3.94.